The molecular weight excluding hydrogens is 374 g/mol. The number of nitrogens with zero attached hydrogens (tertiary/aromatic N) is 2. The largest absolute Gasteiger partial charge is 0.454 e. The zero-order valence-corrected chi connectivity index (χ0v) is 15.3. The number of imidazole rings is 1. The molecule has 1 aliphatic carbocycles. The van der Waals surface area contributed by atoms with Crippen LogP contribution in [0.1, 0.15) is 43.8 Å². The van der Waals surface area contributed by atoms with Crippen molar-refractivity contribution in [1.82, 2.24) is 9.55 Å². The number of ether oxygens (including phenoxy) is 1. The van der Waals surface area contributed by atoms with Crippen LogP contribution in [0.5, 0.6) is 0 Å². The number of alkyl halides is 2. The van der Waals surface area contributed by atoms with Gasteiger partial charge in [0.1, 0.15) is 0 Å². The Morgan fingerprint density at radius 2 is 1.96 bits per heavy atom. The maximum Gasteiger partial charge on any atom is 0.320 e. The Hall–Kier alpha value is -2.47. The van der Waals surface area contributed by atoms with Crippen LogP contribution < -0.4 is 0 Å². The maximum absolute atomic E-state index is 13.6. The third-order valence-corrected chi connectivity index (χ3v) is 5.22. The van der Waals surface area contributed by atoms with Crippen LogP contribution in [0.15, 0.2) is 48.5 Å². The molecular formula is C20H17ClF2N2O2. The molecule has 4 rings (SSSR count). The molecule has 1 saturated carbocycles. The number of benzene rings is 2. The van der Waals surface area contributed by atoms with Crippen molar-refractivity contribution in [1.29, 1.82) is 0 Å². The van der Waals surface area contributed by atoms with E-state index in [0.717, 1.165) is 10.1 Å². The van der Waals surface area contributed by atoms with E-state index in [2.05, 4.69) is 4.98 Å². The van der Waals surface area contributed by atoms with Crippen LogP contribution in [0.3, 0.4) is 0 Å². The molecule has 0 aliphatic heterocycles. The number of fused-ring (bicyclic) bond motifs is 1. The van der Waals surface area contributed by atoms with Crippen molar-refractivity contribution >= 4 is 28.6 Å². The number of esters is 1. The fourth-order valence-electron chi connectivity index (χ4n) is 3.40. The van der Waals surface area contributed by atoms with E-state index >= 15 is 0 Å². The van der Waals surface area contributed by atoms with Crippen LogP contribution in [-0.2, 0) is 14.9 Å². The van der Waals surface area contributed by atoms with E-state index < -0.39 is 24.0 Å². The van der Waals surface area contributed by atoms with Crippen molar-refractivity contribution in [3.63, 3.8) is 0 Å². The topological polar surface area (TPSA) is 44.1 Å². The summed E-state index contributed by atoms with van der Waals surface area (Å²) in [7, 11) is 0. The Labute approximate surface area is 159 Å². The van der Waals surface area contributed by atoms with E-state index in [1.54, 1.807) is 49.4 Å². The van der Waals surface area contributed by atoms with Crippen molar-refractivity contribution in [2.45, 2.75) is 37.8 Å². The lowest BCUT2D eigenvalue weighted by Crippen LogP contribution is -2.25. The van der Waals surface area contributed by atoms with Gasteiger partial charge >= 0.3 is 12.5 Å². The van der Waals surface area contributed by atoms with Gasteiger partial charge in [0.25, 0.3) is 0 Å². The molecule has 4 nitrogen and oxygen atoms in total. The predicted octanol–water partition coefficient (Wildman–Crippen LogP) is 5.42. The highest BCUT2D eigenvalue weighted by Gasteiger charge is 2.53. The summed E-state index contributed by atoms with van der Waals surface area (Å²) in [6, 6.07) is 13.7. The number of carbonyl (C=O) groups is 1. The second-order valence-corrected chi connectivity index (χ2v) is 7.18. The first-order valence-electron chi connectivity index (χ1n) is 8.64. The lowest BCUT2D eigenvalue weighted by atomic mass is 9.96. The summed E-state index contributed by atoms with van der Waals surface area (Å²) < 4.78 is 33.6. The SMILES string of the molecule is CC(OC(=O)C1(c2cccc(Cl)c2)CC1)c1nc2ccccc2n1C(F)F. The summed E-state index contributed by atoms with van der Waals surface area (Å²) in [6.45, 7) is -1.22. The van der Waals surface area contributed by atoms with Gasteiger partial charge in [0.2, 0.25) is 0 Å². The van der Waals surface area contributed by atoms with Crippen LogP contribution in [0.25, 0.3) is 11.0 Å². The van der Waals surface area contributed by atoms with Crippen LogP contribution in [0, 0.1) is 0 Å². The molecule has 1 aliphatic rings. The average molecular weight is 391 g/mol. The average Bonchev–Trinajstić information content (AvgIpc) is 3.35. The van der Waals surface area contributed by atoms with Gasteiger partial charge in [-0.2, -0.15) is 8.78 Å². The number of aromatic nitrogens is 2. The molecule has 0 spiro atoms. The molecule has 1 atom stereocenters. The van der Waals surface area contributed by atoms with Crippen molar-refractivity contribution < 1.29 is 18.3 Å². The maximum atomic E-state index is 13.6. The molecule has 140 valence electrons. The quantitative estimate of drug-likeness (QED) is 0.546. The Morgan fingerprint density at radius 1 is 1.22 bits per heavy atom. The van der Waals surface area contributed by atoms with Gasteiger partial charge in [-0.3, -0.25) is 9.36 Å². The normalized spacial score (nSPS) is 16.5. The minimum Gasteiger partial charge on any atom is -0.454 e. The Balaban J connectivity index is 1.63. The van der Waals surface area contributed by atoms with Gasteiger partial charge < -0.3 is 4.74 Å². The summed E-state index contributed by atoms with van der Waals surface area (Å²) >= 11 is 6.04. The summed E-state index contributed by atoms with van der Waals surface area (Å²) in [5.74, 6) is -0.411. The monoisotopic (exact) mass is 390 g/mol. The molecule has 27 heavy (non-hydrogen) atoms. The number of carbonyl (C=O) groups excluding carboxylic acids is 1. The van der Waals surface area contributed by atoms with Gasteiger partial charge in [0.15, 0.2) is 11.9 Å². The highest BCUT2D eigenvalue weighted by molar-refractivity contribution is 6.30. The van der Waals surface area contributed by atoms with Crippen molar-refractivity contribution in [2.75, 3.05) is 0 Å². The number of hydrogen-bond acceptors (Lipinski definition) is 3. The van der Waals surface area contributed by atoms with Gasteiger partial charge in [-0.15, -0.1) is 0 Å². The van der Waals surface area contributed by atoms with Crippen LogP contribution in [-0.4, -0.2) is 15.5 Å². The summed E-state index contributed by atoms with van der Waals surface area (Å²) in [6.07, 6.45) is 0.379. The second-order valence-electron chi connectivity index (χ2n) is 6.75. The fourth-order valence-corrected chi connectivity index (χ4v) is 3.59. The third kappa shape index (κ3) is 3.08. The number of hydrogen-bond donors (Lipinski definition) is 0. The molecule has 7 heteroatoms. The Morgan fingerprint density at radius 3 is 2.63 bits per heavy atom. The molecule has 1 aromatic heterocycles. The molecule has 1 unspecified atom stereocenters. The molecule has 0 bridgehead atoms. The van der Waals surface area contributed by atoms with E-state index in [1.165, 1.54) is 0 Å². The summed E-state index contributed by atoms with van der Waals surface area (Å²) in [4.78, 5) is 17.1. The minimum atomic E-state index is -2.78. The van der Waals surface area contributed by atoms with Gasteiger partial charge in [-0.1, -0.05) is 35.9 Å². The standard InChI is InChI=1S/C20H17ClF2N2O2/c1-12(17-24-15-7-2-3-8-16(15)25(17)19(22)23)27-18(26)20(9-10-20)13-5-4-6-14(21)11-13/h2-8,11-12,19H,9-10H2,1H3. The molecule has 1 fully saturated rings. The van der Waals surface area contributed by atoms with E-state index in [0.29, 0.717) is 28.9 Å². The lowest BCUT2D eigenvalue weighted by Gasteiger charge is -2.20. The van der Waals surface area contributed by atoms with Crippen LogP contribution in [0.2, 0.25) is 5.02 Å². The van der Waals surface area contributed by atoms with Gasteiger partial charge in [0, 0.05) is 5.02 Å². The molecule has 3 aromatic rings. The van der Waals surface area contributed by atoms with E-state index in [1.807, 2.05) is 6.07 Å². The van der Waals surface area contributed by atoms with Crippen molar-refractivity contribution in [3.8, 4) is 0 Å². The number of halogens is 3. The predicted molar refractivity (Wildman–Crippen MR) is 97.9 cm³/mol. The highest BCUT2D eigenvalue weighted by Crippen LogP contribution is 2.50. The Bertz CT molecular complexity index is 1010. The zero-order chi connectivity index (χ0) is 19.2. The molecule has 1 heterocycles. The summed E-state index contributed by atoms with van der Waals surface area (Å²) in [5, 5.41) is 0.541. The van der Waals surface area contributed by atoms with Crippen LogP contribution in [0.4, 0.5) is 8.78 Å². The van der Waals surface area contributed by atoms with Crippen molar-refractivity contribution in [3.05, 3.63) is 64.9 Å². The van der Waals surface area contributed by atoms with E-state index in [4.69, 9.17) is 16.3 Å². The zero-order valence-electron chi connectivity index (χ0n) is 14.5. The van der Waals surface area contributed by atoms with Gasteiger partial charge in [-0.05, 0) is 49.6 Å². The molecule has 0 amide bonds. The first-order valence-corrected chi connectivity index (χ1v) is 9.02. The first kappa shape index (κ1) is 17.9. The van der Waals surface area contributed by atoms with E-state index in [-0.39, 0.29) is 5.82 Å². The van der Waals surface area contributed by atoms with Gasteiger partial charge in [0.05, 0.1) is 16.4 Å². The van der Waals surface area contributed by atoms with Crippen molar-refractivity contribution in [2.24, 2.45) is 0 Å². The number of para-hydroxylation sites is 2. The van der Waals surface area contributed by atoms with E-state index in [9.17, 15) is 13.6 Å². The molecule has 0 saturated heterocycles. The highest BCUT2D eigenvalue weighted by atomic mass is 35.5. The minimum absolute atomic E-state index is 0.0291. The van der Waals surface area contributed by atoms with Gasteiger partial charge in [-0.25, -0.2) is 4.98 Å². The Kier molecular flexibility index (Phi) is 4.38. The third-order valence-electron chi connectivity index (χ3n) is 4.98. The smallest absolute Gasteiger partial charge is 0.320 e. The van der Waals surface area contributed by atoms with Crippen LogP contribution >= 0.6 is 11.6 Å². The lowest BCUT2D eigenvalue weighted by molar-refractivity contribution is -0.152. The second kappa shape index (κ2) is 6.60. The molecule has 2 aromatic carbocycles. The first-order chi connectivity index (χ1) is 12.9. The summed E-state index contributed by atoms with van der Waals surface area (Å²) in [5.41, 5.74) is 0.781. The molecule has 0 radical (unpaired) electrons. The fraction of sp³-hybridized carbons (Fsp3) is 0.300. The molecule has 0 N–H and O–H groups in total. The number of rotatable bonds is 5.